The Bertz CT molecular complexity index is 505. The van der Waals surface area contributed by atoms with Gasteiger partial charge in [-0.1, -0.05) is 6.07 Å². The summed E-state index contributed by atoms with van der Waals surface area (Å²) < 4.78 is 25.7. The SMILES string of the molecule is CN1C(=O)CC(NCc2ccc(F)c(F)c2)C1=O. The van der Waals surface area contributed by atoms with Crippen molar-refractivity contribution in [1.82, 2.24) is 10.2 Å². The van der Waals surface area contributed by atoms with E-state index in [1.54, 1.807) is 0 Å². The first kappa shape index (κ1) is 12.6. The number of likely N-dealkylation sites (tertiary alicyclic amines) is 1. The molecule has 0 aromatic heterocycles. The van der Waals surface area contributed by atoms with Crippen molar-refractivity contribution in [3.8, 4) is 0 Å². The van der Waals surface area contributed by atoms with Gasteiger partial charge in [-0.3, -0.25) is 14.5 Å². The van der Waals surface area contributed by atoms with Crippen LogP contribution in [-0.4, -0.2) is 29.8 Å². The average molecular weight is 254 g/mol. The largest absolute Gasteiger partial charge is 0.301 e. The minimum atomic E-state index is -0.930. The number of halogens is 2. The van der Waals surface area contributed by atoms with Gasteiger partial charge in [0.1, 0.15) is 0 Å². The van der Waals surface area contributed by atoms with Gasteiger partial charge in [-0.05, 0) is 17.7 Å². The average Bonchev–Trinajstić information content (AvgIpc) is 2.58. The molecule has 1 saturated heterocycles. The van der Waals surface area contributed by atoms with Crippen LogP contribution in [0.15, 0.2) is 18.2 Å². The number of nitrogens with one attached hydrogen (secondary N) is 1. The quantitative estimate of drug-likeness (QED) is 0.812. The molecular formula is C12H12F2N2O2. The van der Waals surface area contributed by atoms with Gasteiger partial charge in [0.2, 0.25) is 11.8 Å². The molecule has 1 aromatic carbocycles. The molecule has 1 aliphatic heterocycles. The van der Waals surface area contributed by atoms with Gasteiger partial charge in [-0.2, -0.15) is 0 Å². The number of imide groups is 1. The first-order valence-corrected chi connectivity index (χ1v) is 5.46. The predicted molar refractivity (Wildman–Crippen MR) is 59.4 cm³/mol. The highest BCUT2D eigenvalue weighted by Gasteiger charge is 2.35. The molecule has 0 saturated carbocycles. The smallest absolute Gasteiger partial charge is 0.246 e. The Morgan fingerprint density at radius 1 is 1.33 bits per heavy atom. The van der Waals surface area contributed by atoms with E-state index in [1.165, 1.54) is 13.1 Å². The lowest BCUT2D eigenvalue weighted by Crippen LogP contribution is -2.36. The van der Waals surface area contributed by atoms with E-state index in [2.05, 4.69) is 5.32 Å². The normalized spacial score (nSPS) is 19.7. The molecule has 0 bridgehead atoms. The summed E-state index contributed by atoms with van der Waals surface area (Å²) in [6.07, 6.45) is 0.0962. The molecule has 0 radical (unpaired) electrons. The Morgan fingerprint density at radius 3 is 2.61 bits per heavy atom. The number of amides is 2. The summed E-state index contributed by atoms with van der Waals surface area (Å²) in [5.41, 5.74) is 0.517. The van der Waals surface area contributed by atoms with Gasteiger partial charge in [0, 0.05) is 13.6 Å². The van der Waals surface area contributed by atoms with E-state index in [0.717, 1.165) is 17.0 Å². The molecule has 1 heterocycles. The Balaban J connectivity index is 1.98. The van der Waals surface area contributed by atoms with Crippen LogP contribution in [0.5, 0.6) is 0 Å². The van der Waals surface area contributed by atoms with Crippen molar-refractivity contribution in [2.45, 2.75) is 19.0 Å². The second-order valence-corrected chi connectivity index (χ2v) is 4.18. The fourth-order valence-electron chi connectivity index (χ4n) is 1.81. The molecular weight excluding hydrogens is 242 g/mol. The summed E-state index contributed by atoms with van der Waals surface area (Å²) in [4.78, 5) is 23.9. The van der Waals surface area contributed by atoms with E-state index >= 15 is 0 Å². The van der Waals surface area contributed by atoms with Gasteiger partial charge >= 0.3 is 0 Å². The second-order valence-electron chi connectivity index (χ2n) is 4.18. The maximum atomic E-state index is 12.9. The van der Waals surface area contributed by atoms with Crippen molar-refractivity contribution in [2.24, 2.45) is 0 Å². The molecule has 1 atom stereocenters. The van der Waals surface area contributed by atoms with E-state index < -0.39 is 17.7 Å². The third-order valence-electron chi connectivity index (χ3n) is 2.92. The first-order chi connectivity index (χ1) is 8.49. The molecule has 0 aliphatic carbocycles. The minimum Gasteiger partial charge on any atom is -0.301 e. The Hall–Kier alpha value is -1.82. The number of benzene rings is 1. The van der Waals surface area contributed by atoms with Crippen LogP contribution in [0.25, 0.3) is 0 Å². The van der Waals surface area contributed by atoms with Gasteiger partial charge in [-0.15, -0.1) is 0 Å². The van der Waals surface area contributed by atoms with E-state index in [4.69, 9.17) is 0 Å². The van der Waals surface area contributed by atoms with Crippen molar-refractivity contribution in [3.05, 3.63) is 35.4 Å². The fourth-order valence-corrected chi connectivity index (χ4v) is 1.81. The van der Waals surface area contributed by atoms with Crippen LogP contribution >= 0.6 is 0 Å². The molecule has 2 amide bonds. The first-order valence-electron chi connectivity index (χ1n) is 5.46. The zero-order valence-electron chi connectivity index (χ0n) is 9.74. The lowest BCUT2D eigenvalue weighted by atomic mass is 10.2. The molecule has 0 spiro atoms. The summed E-state index contributed by atoms with van der Waals surface area (Å²) in [7, 11) is 1.42. The Kier molecular flexibility index (Phi) is 3.38. The standard InChI is InChI=1S/C12H12F2N2O2/c1-16-11(17)5-10(12(16)18)15-6-7-2-3-8(13)9(14)4-7/h2-4,10,15H,5-6H2,1H3. The van der Waals surface area contributed by atoms with E-state index in [1.807, 2.05) is 0 Å². The molecule has 1 unspecified atom stereocenters. The number of hydrogen-bond acceptors (Lipinski definition) is 3. The Labute approximate surface area is 103 Å². The maximum Gasteiger partial charge on any atom is 0.246 e. The maximum absolute atomic E-state index is 12.9. The van der Waals surface area contributed by atoms with Crippen LogP contribution in [0, 0.1) is 11.6 Å². The summed E-state index contributed by atoms with van der Waals surface area (Å²) in [6.45, 7) is 0.203. The molecule has 96 valence electrons. The van der Waals surface area contributed by atoms with Crippen LogP contribution in [0.1, 0.15) is 12.0 Å². The lowest BCUT2D eigenvalue weighted by Gasteiger charge is -2.11. The zero-order valence-corrected chi connectivity index (χ0v) is 9.74. The van der Waals surface area contributed by atoms with Gasteiger partial charge in [-0.25, -0.2) is 8.78 Å². The number of nitrogens with zero attached hydrogens (tertiary/aromatic N) is 1. The fraction of sp³-hybridized carbons (Fsp3) is 0.333. The van der Waals surface area contributed by atoms with Crippen molar-refractivity contribution < 1.29 is 18.4 Å². The van der Waals surface area contributed by atoms with Crippen molar-refractivity contribution in [1.29, 1.82) is 0 Å². The third-order valence-corrected chi connectivity index (χ3v) is 2.92. The summed E-state index contributed by atoms with van der Waals surface area (Å²) in [5, 5.41) is 2.85. The molecule has 1 fully saturated rings. The highest BCUT2D eigenvalue weighted by molar-refractivity contribution is 6.05. The predicted octanol–water partition coefficient (Wildman–Crippen LogP) is 0.812. The van der Waals surface area contributed by atoms with E-state index in [0.29, 0.717) is 5.56 Å². The third kappa shape index (κ3) is 2.38. The van der Waals surface area contributed by atoms with Crippen LogP contribution < -0.4 is 5.32 Å². The van der Waals surface area contributed by atoms with Gasteiger partial charge < -0.3 is 5.32 Å². The van der Waals surface area contributed by atoms with Crippen molar-refractivity contribution >= 4 is 11.8 Å². The highest BCUT2D eigenvalue weighted by atomic mass is 19.2. The number of hydrogen-bond donors (Lipinski definition) is 1. The number of carbonyl (C=O) groups excluding carboxylic acids is 2. The summed E-state index contributed by atoms with van der Waals surface area (Å²) in [6, 6.07) is 2.93. The zero-order chi connectivity index (χ0) is 13.3. The number of carbonyl (C=O) groups is 2. The minimum absolute atomic E-state index is 0.0962. The number of likely N-dealkylation sites (N-methyl/N-ethyl adjacent to an activating group) is 1. The monoisotopic (exact) mass is 254 g/mol. The van der Waals surface area contributed by atoms with Crippen LogP contribution in [0.3, 0.4) is 0 Å². The van der Waals surface area contributed by atoms with Gasteiger partial charge in [0.15, 0.2) is 11.6 Å². The van der Waals surface area contributed by atoms with Gasteiger partial charge in [0.25, 0.3) is 0 Å². The molecule has 2 rings (SSSR count). The summed E-state index contributed by atoms with van der Waals surface area (Å²) >= 11 is 0. The molecule has 1 N–H and O–H groups in total. The van der Waals surface area contributed by atoms with E-state index in [-0.39, 0.29) is 24.8 Å². The molecule has 1 aromatic rings. The van der Waals surface area contributed by atoms with Crippen molar-refractivity contribution in [2.75, 3.05) is 7.05 Å². The molecule has 6 heteroatoms. The summed E-state index contributed by atoms with van der Waals surface area (Å²) in [5.74, 6) is -2.39. The second kappa shape index (κ2) is 4.81. The molecule has 18 heavy (non-hydrogen) atoms. The van der Waals surface area contributed by atoms with E-state index in [9.17, 15) is 18.4 Å². The molecule has 1 aliphatic rings. The lowest BCUT2D eigenvalue weighted by molar-refractivity contribution is -0.137. The Morgan fingerprint density at radius 2 is 2.06 bits per heavy atom. The van der Waals surface area contributed by atoms with Crippen LogP contribution in [0.2, 0.25) is 0 Å². The van der Waals surface area contributed by atoms with Gasteiger partial charge in [0.05, 0.1) is 12.5 Å². The van der Waals surface area contributed by atoms with Crippen LogP contribution in [-0.2, 0) is 16.1 Å². The van der Waals surface area contributed by atoms with Crippen LogP contribution in [0.4, 0.5) is 8.78 Å². The highest BCUT2D eigenvalue weighted by Crippen LogP contribution is 2.13. The number of rotatable bonds is 3. The molecule has 4 nitrogen and oxygen atoms in total. The van der Waals surface area contributed by atoms with Crippen molar-refractivity contribution in [3.63, 3.8) is 0 Å². The topological polar surface area (TPSA) is 49.4 Å².